The maximum Gasteiger partial charge on any atom is 0.150 e. The van der Waals surface area contributed by atoms with Gasteiger partial charge in [-0.25, -0.2) is 4.39 Å². The van der Waals surface area contributed by atoms with Crippen molar-refractivity contribution in [3.05, 3.63) is 53.3 Å². The SMILES string of the molecule is CC1Cc2cc(-c3ccc(F)cc3C=O)ccc2O1. The first-order chi connectivity index (χ1) is 9.17. The van der Waals surface area contributed by atoms with Crippen LogP contribution in [0.5, 0.6) is 5.75 Å². The number of hydrogen-bond donors (Lipinski definition) is 0. The molecule has 0 bridgehead atoms. The quantitative estimate of drug-likeness (QED) is 0.767. The minimum absolute atomic E-state index is 0.184. The molecule has 0 fully saturated rings. The maximum absolute atomic E-state index is 13.1. The number of hydrogen-bond acceptors (Lipinski definition) is 2. The lowest BCUT2D eigenvalue weighted by Crippen LogP contribution is -2.05. The van der Waals surface area contributed by atoms with Crippen molar-refractivity contribution in [1.29, 1.82) is 0 Å². The molecule has 96 valence electrons. The maximum atomic E-state index is 13.1. The minimum Gasteiger partial charge on any atom is -0.490 e. The normalized spacial score (nSPS) is 16.8. The number of carbonyl (C=O) groups is 1. The Kier molecular flexibility index (Phi) is 2.82. The summed E-state index contributed by atoms with van der Waals surface area (Å²) in [5.74, 6) is 0.495. The standard InChI is InChI=1S/C16H13FO2/c1-10-6-12-7-11(2-5-16(12)19-10)15-4-3-14(17)8-13(15)9-18/h2-5,7-10H,6H2,1H3. The van der Waals surface area contributed by atoms with Gasteiger partial charge in [-0.15, -0.1) is 0 Å². The average Bonchev–Trinajstić information content (AvgIpc) is 2.77. The van der Waals surface area contributed by atoms with E-state index in [1.54, 1.807) is 6.07 Å². The number of aldehydes is 1. The van der Waals surface area contributed by atoms with E-state index >= 15 is 0 Å². The Morgan fingerprint density at radius 3 is 2.89 bits per heavy atom. The summed E-state index contributed by atoms with van der Waals surface area (Å²) in [5, 5.41) is 0. The molecule has 0 spiro atoms. The largest absolute Gasteiger partial charge is 0.490 e. The highest BCUT2D eigenvalue weighted by Crippen LogP contribution is 2.33. The summed E-state index contributed by atoms with van der Waals surface area (Å²) in [4.78, 5) is 11.0. The third kappa shape index (κ3) is 2.12. The van der Waals surface area contributed by atoms with Crippen LogP contribution in [0.15, 0.2) is 36.4 Å². The van der Waals surface area contributed by atoms with Crippen LogP contribution in [0.4, 0.5) is 4.39 Å². The summed E-state index contributed by atoms with van der Waals surface area (Å²) < 4.78 is 18.8. The van der Waals surface area contributed by atoms with E-state index in [1.807, 2.05) is 25.1 Å². The van der Waals surface area contributed by atoms with E-state index in [4.69, 9.17) is 4.74 Å². The number of rotatable bonds is 2. The van der Waals surface area contributed by atoms with E-state index in [-0.39, 0.29) is 6.10 Å². The summed E-state index contributed by atoms with van der Waals surface area (Å²) in [6.45, 7) is 2.02. The number of carbonyl (C=O) groups excluding carboxylic acids is 1. The van der Waals surface area contributed by atoms with Gasteiger partial charge < -0.3 is 4.74 Å². The first-order valence-corrected chi connectivity index (χ1v) is 6.22. The van der Waals surface area contributed by atoms with Crippen molar-refractivity contribution in [2.75, 3.05) is 0 Å². The number of fused-ring (bicyclic) bond motifs is 1. The van der Waals surface area contributed by atoms with Gasteiger partial charge >= 0.3 is 0 Å². The molecule has 0 N–H and O–H groups in total. The van der Waals surface area contributed by atoms with Crippen LogP contribution in [-0.2, 0) is 6.42 Å². The van der Waals surface area contributed by atoms with Crippen LogP contribution in [0, 0.1) is 5.82 Å². The van der Waals surface area contributed by atoms with Gasteiger partial charge in [-0.2, -0.15) is 0 Å². The summed E-state index contributed by atoms with van der Waals surface area (Å²) in [5.41, 5.74) is 3.16. The Labute approximate surface area is 110 Å². The zero-order valence-corrected chi connectivity index (χ0v) is 10.5. The van der Waals surface area contributed by atoms with Crippen molar-refractivity contribution in [1.82, 2.24) is 0 Å². The lowest BCUT2D eigenvalue weighted by atomic mass is 9.97. The van der Waals surface area contributed by atoms with Gasteiger partial charge in [0.25, 0.3) is 0 Å². The van der Waals surface area contributed by atoms with Gasteiger partial charge in [0.05, 0.1) is 0 Å². The van der Waals surface area contributed by atoms with Gasteiger partial charge in [-0.05, 0) is 47.9 Å². The molecular weight excluding hydrogens is 243 g/mol. The molecule has 0 radical (unpaired) electrons. The van der Waals surface area contributed by atoms with Crippen molar-refractivity contribution in [2.45, 2.75) is 19.4 Å². The smallest absolute Gasteiger partial charge is 0.150 e. The van der Waals surface area contributed by atoms with Crippen LogP contribution in [0.1, 0.15) is 22.8 Å². The lowest BCUT2D eigenvalue weighted by Gasteiger charge is -2.07. The molecule has 2 aromatic rings. The second-order valence-corrected chi connectivity index (χ2v) is 4.80. The van der Waals surface area contributed by atoms with Crippen LogP contribution >= 0.6 is 0 Å². The van der Waals surface area contributed by atoms with Crippen LogP contribution in [0.3, 0.4) is 0 Å². The minimum atomic E-state index is -0.399. The second-order valence-electron chi connectivity index (χ2n) is 4.80. The topological polar surface area (TPSA) is 26.3 Å². The Balaban J connectivity index is 2.08. The molecule has 2 aromatic carbocycles. The molecular formula is C16H13FO2. The van der Waals surface area contributed by atoms with E-state index < -0.39 is 5.82 Å². The molecule has 0 amide bonds. The Morgan fingerprint density at radius 1 is 1.26 bits per heavy atom. The molecule has 1 heterocycles. The van der Waals surface area contributed by atoms with Gasteiger partial charge in [0, 0.05) is 12.0 Å². The number of ether oxygens (including phenoxy) is 1. The summed E-state index contributed by atoms with van der Waals surface area (Å²) in [6.07, 6.45) is 1.73. The van der Waals surface area contributed by atoms with Crippen molar-refractivity contribution in [3.8, 4) is 16.9 Å². The predicted molar refractivity (Wildman–Crippen MR) is 71.0 cm³/mol. The second kappa shape index (κ2) is 4.50. The van der Waals surface area contributed by atoms with Gasteiger partial charge in [0.2, 0.25) is 0 Å². The fraction of sp³-hybridized carbons (Fsp3) is 0.188. The van der Waals surface area contributed by atoms with E-state index in [1.165, 1.54) is 12.1 Å². The zero-order valence-electron chi connectivity index (χ0n) is 10.5. The average molecular weight is 256 g/mol. The van der Waals surface area contributed by atoms with Crippen molar-refractivity contribution in [3.63, 3.8) is 0 Å². The van der Waals surface area contributed by atoms with Crippen LogP contribution in [-0.4, -0.2) is 12.4 Å². The fourth-order valence-electron chi connectivity index (χ4n) is 2.48. The summed E-state index contributed by atoms with van der Waals surface area (Å²) in [7, 11) is 0. The fourth-order valence-corrected chi connectivity index (χ4v) is 2.48. The van der Waals surface area contributed by atoms with E-state index in [2.05, 4.69) is 0 Å². The lowest BCUT2D eigenvalue weighted by molar-refractivity contribution is 0.112. The molecule has 1 unspecified atom stereocenters. The van der Waals surface area contributed by atoms with E-state index in [9.17, 15) is 9.18 Å². The monoisotopic (exact) mass is 256 g/mol. The Morgan fingerprint density at radius 2 is 2.11 bits per heavy atom. The Hall–Kier alpha value is -2.16. The number of benzene rings is 2. The molecule has 0 aromatic heterocycles. The molecule has 19 heavy (non-hydrogen) atoms. The molecule has 1 aliphatic rings. The Bertz CT molecular complexity index is 649. The van der Waals surface area contributed by atoms with E-state index in [0.717, 1.165) is 28.9 Å². The zero-order chi connectivity index (χ0) is 13.4. The van der Waals surface area contributed by atoms with Crippen molar-refractivity contribution in [2.24, 2.45) is 0 Å². The predicted octanol–water partition coefficient (Wildman–Crippen LogP) is 3.63. The van der Waals surface area contributed by atoms with Gasteiger partial charge in [0.1, 0.15) is 17.7 Å². The first kappa shape index (κ1) is 11.9. The molecule has 0 aliphatic carbocycles. The molecule has 3 rings (SSSR count). The van der Waals surface area contributed by atoms with Gasteiger partial charge in [-0.1, -0.05) is 12.1 Å². The molecule has 2 nitrogen and oxygen atoms in total. The third-order valence-corrected chi connectivity index (χ3v) is 3.35. The molecule has 1 aliphatic heterocycles. The molecule has 0 saturated carbocycles. The molecule has 3 heteroatoms. The third-order valence-electron chi connectivity index (χ3n) is 3.35. The molecule has 0 saturated heterocycles. The van der Waals surface area contributed by atoms with Crippen LogP contribution in [0.2, 0.25) is 0 Å². The van der Waals surface area contributed by atoms with Crippen LogP contribution in [0.25, 0.3) is 11.1 Å². The highest BCUT2D eigenvalue weighted by molar-refractivity contribution is 5.87. The molecule has 1 atom stereocenters. The van der Waals surface area contributed by atoms with Crippen molar-refractivity contribution >= 4 is 6.29 Å². The van der Waals surface area contributed by atoms with Gasteiger partial charge in [-0.3, -0.25) is 4.79 Å². The van der Waals surface area contributed by atoms with Crippen LogP contribution < -0.4 is 4.74 Å². The first-order valence-electron chi connectivity index (χ1n) is 6.22. The van der Waals surface area contributed by atoms with E-state index in [0.29, 0.717) is 11.8 Å². The van der Waals surface area contributed by atoms with Gasteiger partial charge in [0.15, 0.2) is 6.29 Å². The highest BCUT2D eigenvalue weighted by atomic mass is 19.1. The van der Waals surface area contributed by atoms with Crippen molar-refractivity contribution < 1.29 is 13.9 Å². The summed E-state index contributed by atoms with van der Waals surface area (Å²) >= 11 is 0. The highest BCUT2D eigenvalue weighted by Gasteiger charge is 2.19. The summed E-state index contributed by atoms with van der Waals surface area (Å²) in [6, 6.07) is 10.1. The number of halogens is 1.